The Morgan fingerprint density at radius 3 is 2.52 bits per heavy atom. The van der Waals surface area contributed by atoms with Gasteiger partial charge >= 0.3 is 0 Å². The van der Waals surface area contributed by atoms with E-state index in [0.29, 0.717) is 5.91 Å². The van der Waals surface area contributed by atoms with Gasteiger partial charge in [0.15, 0.2) is 0 Å². The molecule has 1 unspecified atom stereocenters. The Morgan fingerprint density at radius 2 is 1.86 bits per heavy atom. The van der Waals surface area contributed by atoms with Crippen LogP contribution in [-0.2, 0) is 11.2 Å². The average molecular weight is 287 g/mol. The fraction of sp³-hybridized carbons (Fsp3) is 0.632. The molecule has 1 aromatic carbocycles. The zero-order valence-corrected chi connectivity index (χ0v) is 13.6. The van der Waals surface area contributed by atoms with Crippen molar-refractivity contribution in [3.8, 4) is 0 Å². The van der Waals surface area contributed by atoms with E-state index in [1.54, 1.807) is 0 Å². The Bertz CT molecular complexity index is 449. The Hall–Kier alpha value is -1.31. The Labute approximate surface area is 129 Å². The number of carbonyl (C=O) groups is 1. The lowest BCUT2D eigenvalue weighted by Crippen LogP contribution is -2.39. The van der Waals surface area contributed by atoms with Gasteiger partial charge in [-0.3, -0.25) is 4.79 Å². The van der Waals surface area contributed by atoms with Crippen LogP contribution in [0.25, 0.3) is 0 Å². The maximum atomic E-state index is 13.0. The van der Waals surface area contributed by atoms with Gasteiger partial charge in [0.1, 0.15) is 0 Å². The predicted molar refractivity (Wildman–Crippen MR) is 88.5 cm³/mol. The smallest absolute Gasteiger partial charge is 0.230 e. The molecular weight excluding hydrogens is 258 g/mol. The van der Waals surface area contributed by atoms with Crippen LogP contribution in [0.1, 0.15) is 69.4 Å². The highest BCUT2D eigenvalue weighted by molar-refractivity contribution is 5.84. The molecule has 0 aliphatic carbocycles. The van der Waals surface area contributed by atoms with E-state index in [-0.39, 0.29) is 5.92 Å². The van der Waals surface area contributed by atoms with Gasteiger partial charge in [0, 0.05) is 13.1 Å². The van der Waals surface area contributed by atoms with Crippen LogP contribution < -0.4 is 0 Å². The Balaban J connectivity index is 2.22. The number of carbonyl (C=O) groups excluding carboxylic acids is 1. The van der Waals surface area contributed by atoms with E-state index in [0.717, 1.165) is 38.8 Å². The van der Waals surface area contributed by atoms with Gasteiger partial charge in [-0.25, -0.2) is 0 Å². The third kappa shape index (κ3) is 4.09. The molecule has 2 nitrogen and oxygen atoms in total. The first-order chi connectivity index (χ1) is 10.3. The summed E-state index contributed by atoms with van der Waals surface area (Å²) in [4.78, 5) is 15.1. The fourth-order valence-corrected chi connectivity index (χ4v) is 3.35. The number of unbranched alkanes of at least 4 members (excludes halogenated alkanes) is 1. The first-order valence-electron chi connectivity index (χ1n) is 8.64. The molecule has 1 aromatic rings. The molecule has 1 fully saturated rings. The molecule has 116 valence electrons. The minimum absolute atomic E-state index is 0.0687. The molecule has 1 atom stereocenters. The van der Waals surface area contributed by atoms with Gasteiger partial charge in [-0.05, 0) is 43.2 Å². The number of hydrogen-bond donors (Lipinski definition) is 0. The maximum Gasteiger partial charge on any atom is 0.230 e. The van der Waals surface area contributed by atoms with Gasteiger partial charge in [0.2, 0.25) is 5.91 Å². The molecule has 1 aliphatic rings. The van der Waals surface area contributed by atoms with E-state index in [2.05, 4.69) is 43.0 Å². The normalized spacial score (nSPS) is 16.8. The van der Waals surface area contributed by atoms with Crippen LogP contribution in [0.2, 0.25) is 0 Å². The zero-order chi connectivity index (χ0) is 15.1. The van der Waals surface area contributed by atoms with E-state index in [1.165, 1.54) is 30.4 Å². The van der Waals surface area contributed by atoms with Gasteiger partial charge in [-0.15, -0.1) is 0 Å². The second-order valence-electron chi connectivity index (χ2n) is 6.13. The van der Waals surface area contributed by atoms with E-state index < -0.39 is 0 Å². The molecule has 1 saturated heterocycles. The highest BCUT2D eigenvalue weighted by atomic mass is 16.2. The number of aryl methyl sites for hydroxylation is 1. The molecule has 0 N–H and O–H groups in total. The van der Waals surface area contributed by atoms with Crippen molar-refractivity contribution in [2.24, 2.45) is 0 Å². The Morgan fingerprint density at radius 1 is 1.14 bits per heavy atom. The Kier molecular flexibility index (Phi) is 6.28. The lowest BCUT2D eigenvalue weighted by molar-refractivity contribution is -0.134. The van der Waals surface area contributed by atoms with Crippen molar-refractivity contribution in [3.05, 3.63) is 35.4 Å². The van der Waals surface area contributed by atoms with Gasteiger partial charge in [-0.1, -0.05) is 51.0 Å². The predicted octanol–water partition coefficient (Wildman–Crippen LogP) is 4.54. The molecule has 0 saturated carbocycles. The number of amides is 1. The van der Waals surface area contributed by atoms with Gasteiger partial charge in [-0.2, -0.15) is 0 Å². The van der Waals surface area contributed by atoms with Crippen molar-refractivity contribution in [2.45, 2.75) is 64.7 Å². The third-order valence-corrected chi connectivity index (χ3v) is 4.62. The number of nitrogens with zero attached hydrogens (tertiary/aromatic N) is 1. The summed E-state index contributed by atoms with van der Waals surface area (Å²) in [5.41, 5.74) is 2.60. The largest absolute Gasteiger partial charge is 0.342 e. The molecule has 1 amide bonds. The van der Waals surface area contributed by atoms with Crippen molar-refractivity contribution >= 4 is 5.91 Å². The van der Waals surface area contributed by atoms with E-state index >= 15 is 0 Å². The summed E-state index contributed by atoms with van der Waals surface area (Å²) in [6.07, 6.45) is 7.88. The first-order valence-corrected chi connectivity index (χ1v) is 8.64. The van der Waals surface area contributed by atoms with E-state index in [4.69, 9.17) is 0 Å². The maximum absolute atomic E-state index is 13.0. The van der Waals surface area contributed by atoms with Crippen molar-refractivity contribution in [1.29, 1.82) is 0 Å². The van der Waals surface area contributed by atoms with Crippen molar-refractivity contribution in [3.63, 3.8) is 0 Å². The molecule has 0 radical (unpaired) electrons. The van der Waals surface area contributed by atoms with E-state index in [1.807, 2.05) is 0 Å². The zero-order valence-electron chi connectivity index (χ0n) is 13.6. The standard InChI is InChI=1S/C19H29NO/c1-3-5-12-18(17-13-8-7-11-16(17)4-2)19(21)20-14-9-6-10-15-20/h7-8,11,13,18H,3-6,9-10,12,14-15H2,1-2H3. The molecule has 21 heavy (non-hydrogen) atoms. The summed E-state index contributed by atoms with van der Waals surface area (Å²) >= 11 is 0. The van der Waals surface area contributed by atoms with Crippen molar-refractivity contribution in [1.82, 2.24) is 4.90 Å². The minimum Gasteiger partial charge on any atom is -0.342 e. The summed E-state index contributed by atoms with van der Waals surface area (Å²) in [5, 5.41) is 0. The number of piperidine rings is 1. The molecule has 2 rings (SSSR count). The fourth-order valence-electron chi connectivity index (χ4n) is 3.35. The summed E-state index contributed by atoms with van der Waals surface area (Å²) in [6, 6.07) is 8.51. The van der Waals surface area contributed by atoms with Crippen LogP contribution in [0, 0.1) is 0 Å². The van der Waals surface area contributed by atoms with Crippen molar-refractivity contribution in [2.75, 3.05) is 13.1 Å². The molecule has 1 aliphatic heterocycles. The number of benzene rings is 1. The number of hydrogen-bond acceptors (Lipinski definition) is 1. The lowest BCUT2D eigenvalue weighted by atomic mass is 9.87. The monoisotopic (exact) mass is 287 g/mol. The molecule has 0 spiro atoms. The van der Waals surface area contributed by atoms with Crippen LogP contribution in [0.15, 0.2) is 24.3 Å². The highest BCUT2D eigenvalue weighted by Gasteiger charge is 2.27. The molecule has 1 heterocycles. The third-order valence-electron chi connectivity index (χ3n) is 4.62. The first kappa shape index (κ1) is 16.1. The summed E-state index contributed by atoms with van der Waals surface area (Å²) in [6.45, 7) is 6.29. The highest BCUT2D eigenvalue weighted by Crippen LogP contribution is 2.29. The molecular formula is C19H29NO. The summed E-state index contributed by atoms with van der Waals surface area (Å²) < 4.78 is 0. The SMILES string of the molecule is CCCCC(C(=O)N1CCCCC1)c1ccccc1CC. The second-order valence-corrected chi connectivity index (χ2v) is 6.13. The van der Waals surface area contributed by atoms with Gasteiger partial charge < -0.3 is 4.90 Å². The summed E-state index contributed by atoms with van der Waals surface area (Å²) in [7, 11) is 0. The molecule has 0 bridgehead atoms. The topological polar surface area (TPSA) is 20.3 Å². The lowest BCUT2D eigenvalue weighted by Gasteiger charge is -2.31. The van der Waals surface area contributed by atoms with Crippen LogP contribution in [-0.4, -0.2) is 23.9 Å². The van der Waals surface area contributed by atoms with Crippen LogP contribution in [0.4, 0.5) is 0 Å². The quantitative estimate of drug-likeness (QED) is 0.752. The van der Waals surface area contributed by atoms with Crippen LogP contribution in [0.5, 0.6) is 0 Å². The van der Waals surface area contributed by atoms with Crippen molar-refractivity contribution < 1.29 is 4.79 Å². The van der Waals surface area contributed by atoms with Gasteiger partial charge in [0.05, 0.1) is 5.92 Å². The number of likely N-dealkylation sites (tertiary alicyclic amines) is 1. The molecule has 0 aromatic heterocycles. The van der Waals surface area contributed by atoms with Crippen LogP contribution in [0.3, 0.4) is 0 Å². The van der Waals surface area contributed by atoms with E-state index in [9.17, 15) is 4.79 Å². The number of rotatable bonds is 6. The average Bonchev–Trinajstić information content (AvgIpc) is 2.56. The van der Waals surface area contributed by atoms with Gasteiger partial charge in [0.25, 0.3) is 0 Å². The second kappa shape index (κ2) is 8.21. The minimum atomic E-state index is 0.0687. The molecule has 2 heteroatoms. The van der Waals surface area contributed by atoms with Crippen LogP contribution >= 0.6 is 0 Å². The summed E-state index contributed by atoms with van der Waals surface area (Å²) in [5.74, 6) is 0.434.